The zero-order valence-electron chi connectivity index (χ0n) is 35.9. The van der Waals surface area contributed by atoms with E-state index in [1.165, 1.54) is 81.9 Å². The number of aromatic nitrogens is 4. The molecule has 1 aliphatic rings. The van der Waals surface area contributed by atoms with E-state index < -0.39 is 0 Å². The average Bonchev–Trinajstić information content (AvgIpc) is 3.95. The molecule has 0 spiro atoms. The molecule has 304 valence electrons. The van der Waals surface area contributed by atoms with Gasteiger partial charge in [-0.2, -0.15) is 0 Å². The number of benzene rings is 10. The van der Waals surface area contributed by atoms with Crippen LogP contribution in [0.1, 0.15) is 25.0 Å². The smallest absolute Gasteiger partial charge is 0.160 e. The van der Waals surface area contributed by atoms with Crippen molar-refractivity contribution in [1.29, 1.82) is 0 Å². The van der Waals surface area contributed by atoms with Crippen molar-refractivity contribution in [1.82, 2.24) is 19.1 Å². The fraction of sp³-hybridized carbons (Fsp3) is 0.0492. The summed E-state index contributed by atoms with van der Waals surface area (Å²) in [6.07, 6.45) is 0. The molecule has 0 fully saturated rings. The maximum Gasteiger partial charge on any atom is 0.160 e. The number of para-hydroxylation sites is 2. The number of rotatable bonds is 4. The van der Waals surface area contributed by atoms with Gasteiger partial charge < -0.3 is 9.13 Å². The van der Waals surface area contributed by atoms with Crippen molar-refractivity contribution >= 4 is 76.1 Å². The Labute approximate surface area is 375 Å². The maximum atomic E-state index is 5.46. The van der Waals surface area contributed by atoms with Gasteiger partial charge in [-0.1, -0.05) is 166 Å². The van der Waals surface area contributed by atoms with Gasteiger partial charge in [-0.25, -0.2) is 9.97 Å². The highest BCUT2D eigenvalue weighted by Gasteiger charge is 2.38. The first kappa shape index (κ1) is 36.2. The summed E-state index contributed by atoms with van der Waals surface area (Å²) in [5, 5.41) is 11.0. The molecular formula is C61H40N4. The molecule has 13 aromatic rings. The lowest BCUT2D eigenvalue weighted by Crippen LogP contribution is -2.16. The number of hydrogen-bond donors (Lipinski definition) is 0. The van der Waals surface area contributed by atoms with E-state index >= 15 is 0 Å². The van der Waals surface area contributed by atoms with Crippen LogP contribution in [0.3, 0.4) is 0 Å². The summed E-state index contributed by atoms with van der Waals surface area (Å²) in [4.78, 5) is 10.7. The number of nitrogens with zero attached hydrogens (tertiary/aromatic N) is 4. The van der Waals surface area contributed by atoms with Gasteiger partial charge in [0.2, 0.25) is 0 Å². The van der Waals surface area contributed by atoms with E-state index in [0.29, 0.717) is 0 Å². The molecular weight excluding hydrogens is 789 g/mol. The minimum atomic E-state index is -0.192. The molecule has 0 bridgehead atoms. The lowest BCUT2D eigenvalue weighted by atomic mass is 9.80. The van der Waals surface area contributed by atoms with Crippen LogP contribution in [0.2, 0.25) is 0 Å². The highest BCUT2D eigenvalue weighted by Crippen LogP contribution is 2.52. The van der Waals surface area contributed by atoms with Gasteiger partial charge in [-0.3, -0.25) is 0 Å². The van der Waals surface area contributed by atoms with Crippen LogP contribution in [0.4, 0.5) is 0 Å². The molecule has 0 N–H and O–H groups in total. The van der Waals surface area contributed by atoms with Crippen LogP contribution in [0, 0.1) is 0 Å². The van der Waals surface area contributed by atoms with Crippen molar-refractivity contribution in [2.45, 2.75) is 19.3 Å². The van der Waals surface area contributed by atoms with Crippen molar-refractivity contribution in [3.8, 4) is 45.1 Å². The van der Waals surface area contributed by atoms with Gasteiger partial charge >= 0.3 is 0 Å². The van der Waals surface area contributed by atoms with Gasteiger partial charge in [0.05, 0.1) is 33.3 Å². The SMILES string of the molecule is CC1(C)c2ccccc2-c2cccc(-c3nc(-c4ccc(-n5c6cc(-n7c8ccccc8c8c9ccccc9ccc87)ccc6c6cc7ccccc7cc65)cc4)c4ccccc4n3)c21. The van der Waals surface area contributed by atoms with E-state index in [2.05, 4.69) is 229 Å². The van der Waals surface area contributed by atoms with Crippen molar-refractivity contribution in [2.75, 3.05) is 0 Å². The summed E-state index contributed by atoms with van der Waals surface area (Å²) in [5.74, 6) is 0.750. The molecule has 0 unspecified atom stereocenters. The Morgan fingerprint density at radius 3 is 1.89 bits per heavy atom. The quantitative estimate of drug-likeness (QED) is 0.177. The van der Waals surface area contributed by atoms with Crippen LogP contribution in [0.15, 0.2) is 206 Å². The van der Waals surface area contributed by atoms with E-state index in [4.69, 9.17) is 9.97 Å². The number of fused-ring (bicyclic) bond motifs is 13. The van der Waals surface area contributed by atoms with E-state index in [0.717, 1.165) is 50.4 Å². The third-order valence-electron chi connectivity index (χ3n) is 14.3. The van der Waals surface area contributed by atoms with Crippen LogP contribution in [0.5, 0.6) is 0 Å². The molecule has 0 radical (unpaired) electrons. The summed E-state index contributed by atoms with van der Waals surface area (Å²) in [6, 6.07) is 75.3. The van der Waals surface area contributed by atoms with Gasteiger partial charge in [0.25, 0.3) is 0 Å². The zero-order chi connectivity index (χ0) is 43.0. The Morgan fingerprint density at radius 1 is 0.385 bits per heavy atom. The van der Waals surface area contributed by atoms with Crippen molar-refractivity contribution in [3.05, 3.63) is 217 Å². The first-order valence-electron chi connectivity index (χ1n) is 22.5. The molecule has 0 atom stereocenters. The fourth-order valence-electron chi connectivity index (χ4n) is 11.3. The Kier molecular flexibility index (Phi) is 7.42. The highest BCUT2D eigenvalue weighted by molar-refractivity contribution is 6.21. The Morgan fingerprint density at radius 2 is 1.03 bits per heavy atom. The maximum absolute atomic E-state index is 5.46. The molecule has 0 aliphatic heterocycles. The summed E-state index contributed by atoms with van der Waals surface area (Å²) in [6.45, 7) is 4.65. The molecule has 0 saturated heterocycles. The van der Waals surface area contributed by atoms with Crippen LogP contribution in [0.25, 0.3) is 121 Å². The minimum Gasteiger partial charge on any atom is -0.309 e. The lowest BCUT2D eigenvalue weighted by molar-refractivity contribution is 0.661. The van der Waals surface area contributed by atoms with Gasteiger partial charge in [0.1, 0.15) is 0 Å². The largest absolute Gasteiger partial charge is 0.309 e. The topological polar surface area (TPSA) is 35.6 Å². The summed E-state index contributed by atoms with van der Waals surface area (Å²) in [7, 11) is 0. The first-order valence-corrected chi connectivity index (χ1v) is 22.5. The molecule has 10 aromatic carbocycles. The van der Waals surface area contributed by atoms with Crippen molar-refractivity contribution in [3.63, 3.8) is 0 Å². The third kappa shape index (κ3) is 5.14. The molecule has 3 heterocycles. The first-order chi connectivity index (χ1) is 32.0. The predicted molar refractivity (Wildman–Crippen MR) is 272 cm³/mol. The Hall–Kier alpha value is -8.34. The van der Waals surface area contributed by atoms with Crippen molar-refractivity contribution in [2.24, 2.45) is 0 Å². The van der Waals surface area contributed by atoms with Gasteiger partial charge in [0.15, 0.2) is 5.82 Å². The molecule has 14 rings (SSSR count). The minimum absolute atomic E-state index is 0.192. The molecule has 0 saturated carbocycles. The fourth-order valence-corrected chi connectivity index (χ4v) is 11.3. The monoisotopic (exact) mass is 828 g/mol. The second-order valence-electron chi connectivity index (χ2n) is 18.1. The Bertz CT molecular complexity index is 4150. The van der Waals surface area contributed by atoms with Gasteiger partial charge in [0, 0.05) is 54.8 Å². The molecule has 0 amide bonds. The average molecular weight is 829 g/mol. The predicted octanol–water partition coefficient (Wildman–Crippen LogP) is 15.8. The molecule has 1 aliphatic carbocycles. The Balaban J connectivity index is 0.966. The van der Waals surface area contributed by atoms with Crippen molar-refractivity contribution < 1.29 is 0 Å². The summed E-state index contributed by atoms with van der Waals surface area (Å²) in [5.41, 5.74) is 15.9. The number of hydrogen-bond acceptors (Lipinski definition) is 2. The van der Waals surface area contributed by atoms with E-state index in [1.807, 2.05) is 0 Å². The zero-order valence-corrected chi connectivity index (χ0v) is 35.9. The van der Waals surface area contributed by atoms with Gasteiger partial charge in [-0.05, 0) is 98.4 Å². The van der Waals surface area contributed by atoms with Crippen LogP contribution in [-0.4, -0.2) is 19.1 Å². The van der Waals surface area contributed by atoms with Crippen LogP contribution >= 0.6 is 0 Å². The summed E-state index contributed by atoms with van der Waals surface area (Å²) >= 11 is 0. The summed E-state index contributed by atoms with van der Waals surface area (Å²) < 4.78 is 4.89. The van der Waals surface area contributed by atoms with E-state index in [-0.39, 0.29) is 5.41 Å². The normalized spacial score (nSPS) is 13.2. The van der Waals surface area contributed by atoms with Crippen LogP contribution < -0.4 is 0 Å². The van der Waals surface area contributed by atoms with E-state index in [9.17, 15) is 0 Å². The molecule has 4 heteroatoms. The molecule has 4 nitrogen and oxygen atoms in total. The lowest BCUT2D eigenvalue weighted by Gasteiger charge is -2.24. The molecule has 65 heavy (non-hydrogen) atoms. The second-order valence-corrected chi connectivity index (χ2v) is 18.1. The molecule has 3 aromatic heterocycles. The standard InChI is InChI=1S/C61H40N4/c1-61(2)51-23-10-7-18-44(51)46-21-13-22-49(58(46)61)60-62-52-24-11-8-19-47(52)59(63-60)38-26-29-41(30-27-38)64-55-35-40-16-4-3-15-39(40)34-50(55)45-32-31-42(36-56(45)64)65-53-25-12-9-20-48(53)57-43-17-6-5-14-37(43)28-33-54(57)65/h3-36H,1-2H3. The second kappa shape index (κ2) is 13.3. The van der Waals surface area contributed by atoms with Crippen LogP contribution in [-0.2, 0) is 5.41 Å². The highest BCUT2D eigenvalue weighted by atomic mass is 15.0. The van der Waals surface area contributed by atoms with E-state index in [1.54, 1.807) is 0 Å². The van der Waals surface area contributed by atoms with Gasteiger partial charge in [-0.15, -0.1) is 0 Å². The third-order valence-corrected chi connectivity index (χ3v) is 14.3.